The summed E-state index contributed by atoms with van der Waals surface area (Å²) in [4.78, 5) is 0. The van der Waals surface area contributed by atoms with Gasteiger partial charge in [0.25, 0.3) is 0 Å². The van der Waals surface area contributed by atoms with Crippen molar-refractivity contribution in [1.29, 1.82) is 0 Å². The van der Waals surface area contributed by atoms with Crippen molar-refractivity contribution in [2.24, 2.45) is 0 Å². The van der Waals surface area contributed by atoms with Crippen LogP contribution in [0.25, 0.3) is 0 Å². The molecule has 0 fully saturated rings. The largest absolute Gasteiger partial charge is 0.469 e. The predicted octanol–water partition coefficient (Wildman–Crippen LogP) is 15.3. The molecule has 1 heterocycles. The molecule has 0 saturated heterocycles. The maximum atomic E-state index is 14.5. The molecule has 0 N–H and O–H groups in total. The molecule has 0 radical (unpaired) electrons. The highest BCUT2D eigenvalue weighted by atomic mass is 19.5. The van der Waals surface area contributed by atoms with E-state index in [0.29, 0.717) is 0 Å². The molecular formula is C28H13F39O. The molecule has 0 spiro atoms. The minimum atomic E-state index is -8.72. The topological polar surface area (TPSA) is 13.1 Å². The van der Waals surface area contributed by atoms with Crippen LogP contribution < -0.4 is 0 Å². The van der Waals surface area contributed by atoms with Crippen LogP contribution in [0.5, 0.6) is 0 Å². The fraction of sp³-hybridized carbons (Fsp3) is 0.857. The second-order valence-electron chi connectivity index (χ2n) is 13.7. The van der Waals surface area contributed by atoms with Crippen LogP contribution in [0, 0.1) is 0 Å². The molecule has 0 bridgehead atoms. The summed E-state index contributed by atoms with van der Waals surface area (Å²) >= 11 is 0. The minimum Gasteiger partial charge on any atom is -0.469 e. The van der Waals surface area contributed by atoms with Crippen molar-refractivity contribution in [3.63, 3.8) is 0 Å². The van der Waals surface area contributed by atoms with E-state index in [9.17, 15) is 171 Å². The van der Waals surface area contributed by atoms with Crippen molar-refractivity contribution in [3.05, 3.63) is 23.2 Å². The molecule has 1 aromatic rings. The highest BCUT2D eigenvalue weighted by molar-refractivity contribution is 5.30. The molecule has 0 aliphatic carbocycles. The van der Waals surface area contributed by atoms with Crippen molar-refractivity contribution in [1.82, 2.24) is 0 Å². The van der Waals surface area contributed by atoms with Gasteiger partial charge in [0.2, 0.25) is 0 Å². The van der Waals surface area contributed by atoms with Crippen molar-refractivity contribution >= 4 is 0 Å². The Kier molecular flexibility index (Phi) is 15.5. The van der Waals surface area contributed by atoms with E-state index in [-0.39, 0.29) is 0 Å². The van der Waals surface area contributed by atoms with Crippen molar-refractivity contribution in [2.75, 3.05) is 0 Å². The third kappa shape index (κ3) is 8.97. The molecule has 0 saturated carbocycles. The first kappa shape index (κ1) is 62.6. The predicted molar refractivity (Wildman–Crippen MR) is 136 cm³/mol. The lowest BCUT2D eigenvalue weighted by molar-refractivity contribution is -0.440. The molecule has 40 heteroatoms. The van der Waals surface area contributed by atoms with Gasteiger partial charge in [-0.15, -0.1) is 0 Å². The molecular weight excluding hydrogens is 1090 g/mol. The van der Waals surface area contributed by atoms with Gasteiger partial charge >= 0.3 is 107 Å². The van der Waals surface area contributed by atoms with Gasteiger partial charge in [-0.3, -0.25) is 0 Å². The minimum absolute atomic E-state index is 0.824. The van der Waals surface area contributed by atoms with Crippen LogP contribution in [0.15, 0.2) is 10.7 Å². The number of aryl methyl sites for hydroxylation is 2. The quantitative estimate of drug-likeness (QED) is 0.112. The van der Waals surface area contributed by atoms with Crippen LogP contribution >= 0.6 is 0 Å². The molecule has 0 aliphatic heterocycles. The van der Waals surface area contributed by atoms with E-state index in [4.69, 9.17) is 0 Å². The maximum Gasteiger partial charge on any atom is 0.460 e. The molecule has 68 heavy (non-hydrogen) atoms. The smallest absolute Gasteiger partial charge is 0.460 e. The Hall–Kier alpha value is -3.45. The van der Waals surface area contributed by atoms with Crippen LogP contribution in [-0.2, 0) is 19.3 Å². The molecule has 0 unspecified atom stereocenters. The van der Waals surface area contributed by atoms with Gasteiger partial charge < -0.3 is 4.42 Å². The number of hydrogen-bond acceptors (Lipinski definition) is 1. The molecule has 1 aromatic heterocycles. The van der Waals surface area contributed by atoms with E-state index in [2.05, 4.69) is 4.42 Å². The first-order valence-corrected chi connectivity index (χ1v) is 16.0. The number of hydrogen-bond donors (Lipinski definition) is 0. The van der Waals surface area contributed by atoms with Crippen LogP contribution in [-0.4, -0.2) is 107 Å². The van der Waals surface area contributed by atoms with Gasteiger partial charge in [0.15, 0.2) is 0 Å². The zero-order chi connectivity index (χ0) is 55.4. The highest BCUT2D eigenvalue weighted by Crippen LogP contribution is 2.64. The lowest BCUT2D eigenvalue weighted by Crippen LogP contribution is -2.70. The Morgan fingerprint density at radius 2 is 0.456 bits per heavy atom. The molecule has 1 nitrogen and oxygen atoms in total. The van der Waals surface area contributed by atoms with Gasteiger partial charge in [-0.1, -0.05) is 0 Å². The number of alkyl halides is 39. The van der Waals surface area contributed by atoms with E-state index in [0.717, 1.165) is 0 Å². The summed E-state index contributed by atoms with van der Waals surface area (Å²) in [5, 5.41) is 0. The summed E-state index contributed by atoms with van der Waals surface area (Å²) in [6.45, 7) is 0. The second kappa shape index (κ2) is 16.8. The first-order chi connectivity index (χ1) is 29.0. The van der Waals surface area contributed by atoms with Crippen LogP contribution in [0.2, 0.25) is 0 Å². The van der Waals surface area contributed by atoms with E-state index in [1.54, 1.807) is 0 Å². The van der Waals surface area contributed by atoms with Gasteiger partial charge in [-0.2, -0.15) is 171 Å². The van der Waals surface area contributed by atoms with Gasteiger partial charge in [0.1, 0.15) is 5.76 Å². The van der Waals surface area contributed by atoms with Gasteiger partial charge in [0, 0.05) is 25.7 Å². The number of halogens is 39. The summed E-state index contributed by atoms with van der Waals surface area (Å²) in [5.41, 5.74) is -4.67. The fourth-order valence-electron chi connectivity index (χ4n) is 4.90. The maximum absolute atomic E-state index is 14.5. The van der Waals surface area contributed by atoms with Crippen molar-refractivity contribution in [2.45, 2.75) is 146 Å². The SMILES string of the molecule is FC(F)(F)C(F)(F)C(F)(F)C(F)(F)C(F)(F)C(F)(F)CCc1coc(CCC(F)(F)C(F)(F)C(F)(F)C(F)(F)C(F)(F)C(F)(F)F)c1CCC(F)(F)C(F)(F)C(F)(F)C(F)(F)C(F)(F)C(F)(F)F. The zero-order valence-electron chi connectivity index (χ0n) is 30.5. The van der Waals surface area contributed by atoms with Gasteiger partial charge in [-0.05, 0) is 24.0 Å². The summed E-state index contributed by atoms with van der Waals surface area (Å²) in [7, 11) is 0. The highest BCUT2D eigenvalue weighted by Gasteiger charge is 2.93. The van der Waals surface area contributed by atoms with Gasteiger partial charge in [-0.25, -0.2) is 0 Å². The van der Waals surface area contributed by atoms with E-state index in [1.807, 2.05) is 0 Å². The molecule has 0 amide bonds. The molecule has 404 valence electrons. The van der Waals surface area contributed by atoms with Gasteiger partial charge in [0.05, 0.1) is 6.26 Å². The Bertz CT molecular complexity index is 1800. The summed E-state index contributed by atoms with van der Waals surface area (Å²) < 4.78 is 530. The zero-order valence-corrected chi connectivity index (χ0v) is 30.5. The van der Waals surface area contributed by atoms with E-state index in [1.165, 1.54) is 0 Å². The third-order valence-corrected chi connectivity index (χ3v) is 9.13. The van der Waals surface area contributed by atoms with Crippen molar-refractivity contribution in [3.8, 4) is 0 Å². The Balaban J connectivity index is 4.03. The molecule has 1 rings (SSSR count). The Labute approximate surface area is 345 Å². The summed E-state index contributed by atoms with van der Waals surface area (Å²) in [6.07, 6.45) is -44.9. The van der Waals surface area contributed by atoms with Crippen molar-refractivity contribution < 1.29 is 176 Å². The number of rotatable bonds is 21. The molecule has 0 aliphatic rings. The Morgan fingerprint density at radius 1 is 0.250 bits per heavy atom. The average molecular weight is 1110 g/mol. The Morgan fingerprint density at radius 3 is 0.691 bits per heavy atom. The normalized spacial score (nSPS) is 16.5. The number of furan rings is 1. The standard InChI is InChI=1S/C28H13F39O/c29-11(30,14(35,36)17(41,42)20(47,48)23(53,54)26(59,60)61)4-1-8-7-68-10(3-6-13(33,34)16(39,40)19(45,46)22(51,52)25(57,58)28(65,66)67)9(8)2-5-12(31,32)15(37,38)18(43,44)21(49,50)24(55,56)27(62,63)64/h7H,1-6H2. The first-order valence-electron chi connectivity index (χ1n) is 16.0. The second-order valence-corrected chi connectivity index (χ2v) is 13.7. The monoisotopic (exact) mass is 1110 g/mol. The van der Waals surface area contributed by atoms with Crippen LogP contribution in [0.1, 0.15) is 36.1 Å². The molecule has 0 aromatic carbocycles. The van der Waals surface area contributed by atoms with Crippen LogP contribution in [0.3, 0.4) is 0 Å². The van der Waals surface area contributed by atoms with E-state index >= 15 is 0 Å². The van der Waals surface area contributed by atoms with E-state index < -0.39 is 169 Å². The average Bonchev–Trinajstić information content (AvgIpc) is 3.51. The molecule has 0 atom stereocenters. The fourth-order valence-corrected chi connectivity index (χ4v) is 4.90. The third-order valence-electron chi connectivity index (χ3n) is 9.13. The summed E-state index contributed by atoms with van der Waals surface area (Å²) in [6, 6.07) is 0. The lowest BCUT2D eigenvalue weighted by atomic mass is 9.88. The summed E-state index contributed by atoms with van der Waals surface area (Å²) in [5.74, 6) is -127. The van der Waals surface area contributed by atoms with Crippen LogP contribution in [0.4, 0.5) is 171 Å². The lowest BCUT2D eigenvalue weighted by Gasteiger charge is -2.40.